The number of carbonyl (C=O) groups excluding carboxylic acids is 1. The third-order valence-corrected chi connectivity index (χ3v) is 2.66. The molecule has 0 amide bonds. The van der Waals surface area contributed by atoms with Crippen molar-refractivity contribution in [2.75, 3.05) is 0 Å². The largest absolute Gasteiger partial charge is 0.303 e. The zero-order chi connectivity index (χ0) is 12.6. The lowest BCUT2D eigenvalue weighted by Gasteiger charge is -1.97. The Morgan fingerprint density at radius 3 is 2.72 bits per heavy atom. The molecule has 0 saturated heterocycles. The van der Waals surface area contributed by atoms with Gasteiger partial charge in [-0.25, -0.2) is 0 Å². The van der Waals surface area contributed by atoms with E-state index in [1.807, 2.05) is 30.3 Å². The fourth-order valence-electron chi connectivity index (χ4n) is 1.70. The molecule has 0 radical (unpaired) electrons. The van der Waals surface area contributed by atoms with Crippen LogP contribution in [0.1, 0.15) is 25.7 Å². The Kier molecular flexibility index (Phi) is 4.58. The van der Waals surface area contributed by atoms with Gasteiger partial charge in [0.15, 0.2) is 0 Å². The van der Waals surface area contributed by atoms with E-state index >= 15 is 0 Å². The number of aryl methyl sites for hydroxylation is 1. The summed E-state index contributed by atoms with van der Waals surface area (Å²) in [5.41, 5.74) is 0.977. The molecule has 0 saturated carbocycles. The smallest absolute Gasteiger partial charge is 0.204 e. The van der Waals surface area contributed by atoms with E-state index in [2.05, 4.69) is 15.4 Å². The number of benzene rings is 1. The molecule has 18 heavy (non-hydrogen) atoms. The Morgan fingerprint density at radius 1 is 1.11 bits per heavy atom. The van der Waals surface area contributed by atoms with Gasteiger partial charge in [-0.15, -0.1) is 10.2 Å². The fraction of sp³-hybridized carbons (Fsp3) is 0.385. The van der Waals surface area contributed by atoms with Crippen LogP contribution in [0.3, 0.4) is 0 Å². The number of hydrogen-bond donors (Lipinski definition) is 0. The molecule has 5 nitrogen and oxygen atoms in total. The first-order chi connectivity index (χ1) is 8.90. The maximum atomic E-state index is 10.2. The van der Waals surface area contributed by atoms with E-state index in [0.717, 1.165) is 37.7 Å². The van der Waals surface area contributed by atoms with Crippen molar-refractivity contribution in [1.82, 2.24) is 20.2 Å². The van der Waals surface area contributed by atoms with Crippen molar-refractivity contribution in [3.05, 3.63) is 30.3 Å². The molecule has 1 heterocycles. The lowest BCUT2D eigenvalue weighted by atomic mass is 10.2. The molecule has 0 aliphatic rings. The molecular weight excluding hydrogens is 228 g/mol. The molecule has 0 aliphatic heterocycles. The van der Waals surface area contributed by atoms with Crippen LogP contribution in [0.25, 0.3) is 11.4 Å². The first-order valence-corrected chi connectivity index (χ1v) is 6.17. The third kappa shape index (κ3) is 3.48. The van der Waals surface area contributed by atoms with Crippen molar-refractivity contribution in [2.45, 2.75) is 32.2 Å². The minimum atomic E-state index is 0.639. The van der Waals surface area contributed by atoms with Crippen molar-refractivity contribution in [1.29, 1.82) is 0 Å². The Morgan fingerprint density at radius 2 is 1.94 bits per heavy atom. The summed E-state index contributed by atoms with van der Waals surface area (Å²) in [6, 6.07) is 9.79. The van der Waals surface area contributed by atoms with Gasteiger partial charge in [-0.2, -0.15) is 4.80 Å². The quantitative estimate of drug-likeness (QED) is 0.552. The number of rotatable bonds is 7. The summed E-state index contributed by atoms with van der Waals surface area (Å²) in [6.07, 6.45) is 4.52. The predicted molar refractivity (Wildman–Crippen MR) is 67.8 cm³/mol. The summed E-state index contributed by atoms with van der Waals surface area (Å²) in [4.78, 5) is 11.8. The maximum Gasteiger partial charge on any atom is 0.204 e. The number of hydrogen-bond acceptors (Lipinski definition) is 4. The molecule has 94 valence electrons. The van der Waals surface area contributed by atoms with E-state index in [-0.39, 0.29) is 0 Å². The molecular formula is C13H16N4O. The van der Waals surface area contributed by atoms with E-state index in [1.54, 1.807) is 4.80 Å². The summed E-state index contributed by atoms with van der Waals surface area (Å²) in [6.45, 7) is 0.749. The average molecular weight is 244 g/mol. The molecule has 2 aromatic rings. The number of aromatic nitrogens is 4. The number of tetrazole rings is 1. The van der Waals surface area contributed by atoms with Crippen LogP contribution < -0.4 is 0 Å². The second-order valence-electron chi connectivity index (χ2n) is 4.09. The molecule has 0 atom stereocenters. The van der Waals surface area contributed by atoms with Crippen LogP contribution >= 0.6 is 0 Å². The summed E-state index contributed by atoms with van der Waals surface area (Å²) < 4.78 is 0. The number of unbranched alkanes of at least 4 members (excludes halogenated alkanes) is 3. The Bertz CT molecular complexity index is 481. The molecule has 0 unspecified atom stereocenters. The van der Waals surface area contributed by atoms with Crippen LogP contribution in [0, 0.1) is 0 Å². The number of carbonyl (C=O) groups is 1. The Hall–Kier alpha value is -2.04. The first kappa shape index (κ1) is 12.4. The summed E-state index contributed by atoms with van der Waals surface area (Å²) in [5, 5.41) is 12.4. The highest BCUT2D eigenvalue weighted by Crippen LogP contribution is 2.11. The van der Waals surface area contributed by atoms with Crippen LogP contribution in [0.5, 0.6) is 0 Å². The average Bonchev–Trinajstić information content (AvgIpc) is 2.88. The van der Waals surface area contributed by atoms with E-state index < -0.39 is 0 Å². The van der Waals surface area contributed by atoms with Gasteiger partial charge >= 0.3 is 0 Å². The summed E-state index contributed by atoms with van der Waals surface area (Å²) >= 11 is 0. The van der Waals surface area contributed by atoms with Gasteiger partial charge in [0.2, 0.25) is 5.82 Å². The minimum Gasteiger partial charge on any atom is -0.303 e. The Labute approximate surface area is 106 Å². The standard InChI is InChI=1S/C13H16N4O/c18-11-7-2-1-6-10-17-15-13(14-16-17)12-8-4-3-5-9-12/h3-5,8-9,11H,1-2,6-7,10H2. The Balaban J connectivity index is 1.85. The van der Waals surface area contributed by atoms with Crippen LogP contribution in [-0.2, 0) is 11.3 Å². The van der Waals surface area contributed by atoms with Gasteiger partial charge in [-0.1, -0.05) is 36.8 Å². The molecule has 0 spiro atoms. The molecule has 1 aromatic heterocycles. The van der Waals surface area contributed by atoms with Crippen molar-refractivity contribution < 1.29 is 4.79 Å². The van der Waals surface area contributed by atoms with Crippen LogP contribution in [-0.4, -0.2) is 26.5 Å². The van der Waals surface area contributed by atoms with Gasteiger partial charge in [0, 0.05) is 12.0 Å². The van der Waals surface area contributed by atoms with E-state index in [9.17, 15) is 4.79 Å². The highest BCUT2D eigenvalue weighted by Gasteiger charge is 2.04. The molecule has 5 heteroatoms. The SMILES string of the molecule is O=CCCCCCn1nnc(-c2ccccc2)n1. The lowest BCUT2D eigenvalue weighted by Crippen LogP contribution is -2.02. The van der Waals surface area contributed by atoms with Crippen LogP contribution in [0.4, 0.5) is 0 Å². The van der Waals surface area contributed by atoms with E-state index in [4.69, 9.17) is 0 Å². The first-order valence-electron chi connectivity index (χ1n) is 6.17. The molecule has 0 aliphatic carbocycles. The minimum absolute atomic E-state index is 0.639. The third-order valence-electron chi connectivity index (χ3n) is 2.66. The van der Waals surface area contributed by atoms with Gasteiger partial charge in [0.25, 0.3) is 0 Å². The highest BCUT2D eigenvalue weighted by molar-refractivity contribution is 5.52. The number of aldehydes is 1. The second-order valence-corrected chi connectivity index (χ2v) is 4.09. The maximum absolute atomic E-state index is 10.2. The molecule has 0 bridgehead atoms. The monoisotopic (exact) mass is 244 g/mol. The highest BCUT2D eigenvalue weighted by atomic mass is 16.1. The fourth-order valence-corrected chi connectivity index (χ4v) is 1.70. The number of nitrogens with zero attached hydrogens (tertiary/aromatic N) is 4. The summed E-state index contributed by atoms with van der Waals surface area (Å²) in [5.74, 6) is 0.656. The topological polar surface area (TPSA) is 60.7 Å². The van der Waals surface area contributed by atoms with Gasteiger partial charge in [0.1, 0.15) is 6.29 Å². The zero-order valence-electron chi connectivity index (χ0n) is 10.2. The summed E-state index contributed by atoms with van der Waals surface area (Å²) in [7, 11) is 0. The second kappa shape index (κ2) is 6.64. The molecule has 0 fully saturated rings. The van der Waals surface area contributed by atoms with Crippen LogP contribution in [0.15, 0.2) is 30.3 Å². The van der Waals surface area contributed by atoms with Crippen molar-refractivity contribution in [2.24, 2.45) is 0 Å². The normalized spacial score (nSPS) is 10.4. The predicted octanol–water partition coefficient (Wildman–Crippen LogP) is 2.10. The molecule has 1 aromatic carbocycles. The van der Waals surface area contributed by atoms with Crippen molar-refractivity contribution in [3.63, 3.8) is 0 Å². The van der Waals surface area contributed by atoms with Crippen molar-refractivity contribution in [3.8, 4) is 11.4 Å². The zero-order valence-corrected chi connectivity index (χ0v) is 10.2. The van der Waals surface area contributed by atoms with Gasteiger partial charge in [-0.3, -0.25) is 0 Å². The van der Waals surface area contributed by atoms with Crippen molar-refractivity contribution >= 4 is 6.29 Å². The molecule has 0 N–H and O–H groups in total. The molecule has 2 rings (SSSR count). The van der Waals surface area contributed by atoms with Crippen LogP contribution in [0.2, 0.25) is 0 Å². The van der Waals surface area contributed by atoms with E-state index in [1.165, 1.54) is 0 Å². The van der Waals surface area contributed by atoms with E-state index in [0.29, 0.717) is 12.2 Å². The van der Waals surface area contributed by atoms with Gasteiger partial charge in [-0.05, 0) is 18.1 Å². The van der Waals surface area contributed by atoms with Gasteiger partial charge in [0.05, 0.1) is 6.54 Å². The lowest BCUT2D eigenvalue weighted by molar-refractivity contribution is -0.107. The van der Waals surface area contributed by atoms with Gasteiger partial charge < -0.3 is 4.79 Å².